The van der Waals surface area contributed by atoms with Crippen molar-refractivity contribution in [3.8, 4) is 0 Å². The zero-order valence-electron chi connectivity index (χ0n) is 14.9. The molecule has 2 aliphatic heterocycles. The first-order valence-corrected chi connectivity index (χ1v) is 13.3. The van der Waals surface area contributed by atoms with Crippen molar-refractivity contribution in [1.29, 1.82) is 0 Å². The Bertz CT molecular complexity index is 603. The molecule has 0 aliphatic carbocycles. The van der Waals surface area contributed by atoms with E-state index >= 15 is 0 Å². The SMILES string of the molecule is S=C(c1[c-]cco1)N1CCCC1.S=C(c1[c-]cco1)N1CCCC1.[Cl][Pd+].[Cl][Pd+]. The van der Waals surface area contributed by atoms with Gasteiger partial charge in [0, 0.05) is 47.7 Å². The van der Waals surface area contributed by atoms with Crippen LogP contribution in [0.15, 0.2) is 33.5 Å². The molecule has 2 aromatic heterocycles. The fourth-order valence-corrected chi connectivity index (χ4v) is 3.42. The molecule has 0 radical (unpaired) electrons. The molecule has 0 N–H and O–H groups in total. The summed E-state index contributed by atoms with van der Waals surface area (Å²) >= 11 is 14.9. The first-order valence-electron chi connectivity index (χ1n) is 8.48. The van der Waals surface area contributed by atoms with Crippen LogP contribution in [-0.2, 0) is 36.4 Å². The molecule has 4 heterocycles. The van der Waals surface area contributed by atoms with Crippen LogP contribution in [0.5, 0.6) is 0 Å². The van der Waals surface area contributed by atoms with Gasteiger partial charge in [0.15, 0.2) is 0 Å². The predicted octanol–water partition coefficient (Wildman–Crippen LogP) is 5.08. The third-order valence-electron chi connectivity index (χ3n) is 4.11. The standard InChI is InChI=1S/2C9H10NOS.2ClH.2Pd/c2*12-9(8-4-3-7-11-8)10-5-1-2-6-10;;;;/h2*3,7H,1-2,5-6H2;2*1H;;/q2*-1;;;2*+2/p-2. The van der Waals surface area contributed by atoms with Gasteiger partial charge < -0.3 is 18.6 Å². The summed E-state index contributed by atoms with van der Waals surface area (Å²) < 4.78 is 10.3. The van der Waals surface area contributed by atoms with E-state index in [4.69, 9.17) is 33.3 Å². The first-order chi connectivity index (χ1) is 13.8. The van der Waals surface area contributed by atoms with Crippen LogP contribution in [0.1, 0.15) is 37.2 Å². The van der Waals surface area contributed by atoms with Crippen molar-refractivity contribution in [2.45, 2.75) is 25.7 Å². The van der Waals surface area contributed by atoms with Gasteiger partial charge in [-0.15, -0.1) is 48.7 Å². The second kappa shape index (κ2) is 16.0. The number of furan rings is 2. The minimum absolute atomic E-state index is 0.701. The Labute approximate surface area is 207 Å². The topological polar surface area (TPSA) is 32.8 Å². The van der Waals surface area contributed by atoms with Crippen molar-refractivity contribution in [2.75, 3.05) is 26.2 Å². The molecular formula is C18H20Cl2N2O2Pd2S2. The molecule has 4 rings (SSSR count). The van der Waals surface area contributed by atoms with Crippen molar-refractivity contribution in [2.24, 2.45) is 0 Å². The van der Waals surface area contributed by atoms with Gasteiger partial charge in [-0.3, -0.25) is 0 Å². The Hall–Kier alpha value is 0.245. The number of hydrogen-bond donors (Lipinski definition) is 0. The number of likely N-dealkylation sites (tertiary alicyclic amines) is 2. The summed E-state index contributed by atoms with van der Waals surface area (Å²) in [7, 11) is 8.98. The van der Waals surface area contributed by atoms with Gasteiger partial charge in [-0.25, -0.2) is 0 Å². The van der Waals surface area contributed by atoms with Crippen molar-refractivity contribution in [1.82, 2.24) is 9.80 Å². The normalized spacial score (nSPS) is 14.9. The second-order valence-corrected chi connectivity index (χ2v) is 6.56. The van der Waals surface area contributed by atoms with Crippen LogP contribution < -0.4 is 0 Å². The molecule has 0 aromatic carbocycles. The zero-order valence-corrected chi connectivity index (χ0v) is 21.1. The summed E-state index contributed by atoms with van der Waals surface area (Å²) in [5.41, 5.74) is 0. The van der Waals surface area contributed by atoms with E-state index in [1.165, 1.54) is 25.7 Å². The maximum absolute atomic E-state index is 5.23. The molecule has 2 aliphatic rings. The third-order valence-corrected chi connectivity index (χ3v) is 5.00. The van der Waals surface area contributed by atoms with Crippen molar-refractivity contribution in [3.05, 3.63) is 48.3 Å². The molecule has 0 amide bonds. The van der Waals surface area contributed by atoms with E-state index in [2.05, 4.69) is 77.4 Å². The number of halogens is 2. The fraction of sp³-hybridized carbons (Fsp3) is 0.444. The molecular weight excluding hydrogens is 624 g/mol. The first kappa shape index (κ1) is 26.3. The molecule has 2 fully saturated rings. The van der Waals surface area contributed by atoms with Gasteiger partial charge >= 0.3 is 55.4 Å². The van der Waals surface area contributed by atoms with Gasteiger partial charge in [0.05, 0.1) is 0 Å². The van der Waals surface area contributed by atoms with Gasteiger partial charge in [0.25, 0.3) is 0 Å². The molecule has 4 nitrogen and oxygen atoms in total. The van der Waals surface area contributed by atoms with E-state index in [1.807, 2.05) is 0 Å². The average Bonchev–Trinajstić information content (AvgIpc) is 3.59. The van der Waals surface area contributed by atoms with Crippen LogP contribution in [0.25, 0.3) is 0 Å². The second-order valence-electron chi connectivity index (χ2n) is 5.79. The Morgan fingerprint density at radius 2 is 1.07 bits per heavy atom. The quantitative estimate of drug-likeness (QED) is 0.258. The third kappa shape index (κ3) is 8.54. The van der Waals surface area contributed by atoms with Crippen LogP contribution in [0, 0.1) is 12.1 Å². The molecule has 28 heavy (non-hydrogen) atoms. The number of hydrogen-bond acceptors (Lipinski definition) is 4. The van der Waals surface area contributed by atoms with E-state index < -0.39 is 0 Å². The summed E-state index contributed by atoms with van der Waals surface area (Å²) in [6.45, 7) is 4.25. The minimum atomic E-state index is 0.701. The Kier molecular flexibility index (Phi) is 15.0. The molecule has 10 heteroatoms. The van der Waals surface area contributed by atoms with E-state index in [0.717, 1.165) is 36.2 Å². The molecule has 0 atom stereocenters. The molecule has 2 aromatic rings. The Morgan fingerprint density at radius 3 is 1.32 bits per heavy atom. The van der Waals surface area contributed by atoms with Crippen LogP contribution in [0.2, 0.25) is 0 Å². The van der Waals surface area contributed by atoms with Crippen LogP contribution >= 0.6 is 43.5 Å². The van der Waals surface area contributed by atoms with E-state index in [9.17, 15) is 0 Å². The molecule has 0 bridgehead atoms. The van der Waals surface area contributed by atoms with Crippen LogP contribution in [0.4, 0.5) is 0 Å². The van der Waals surface area contributed by atoms with Gasteiger partial charge in [-0.05, 0) is 38.2 Å². The number of nitrogens with zero attached hydrogens (tertiary/aromatic N) is 2. The molecule has 160 valence electrons. The van der Waals surface area contributed by atoms with Crippen molar-refractivity contribution < 1.29 is 45.2 Å². The summed E-state index contributed by atoms with van der Waals surface area (Å²) in [5, 5.41) is 0. The monoisotopic (exact) mass is 642 g/mol. The van der Waals surface area contributed by atoms with Gasteiger partial charge in [0.1, 0.15) is 0 Å². The zero-order chi connectivity index (χ0) is 20.8. The van der Waals surface area contributed by atoms with Crippen LogP contribution in [-0.4, -0.2) is 46.0 Å². The van der Waals surface area contributed by atoms with E-state index in [0.29, 0.717) is 11.5 Å². The molecule has 2 saturated heterocycles. The summed E-state index contributed by atoms with van der Waals surface area (Å²) in [5.74, 6) is 1.40. The van der Waals surface area contributed by atoms with Gasteiger partial charge in [-0.1, -0.05) is 0 Å². The average molecular weight is 644 g/mol. The van der Waals surface area contributed by atoms with Crippen molar-refractivity contribution >= 4 is 53.5 Å². The van der Waals surface area contributed by atoms with Crippen LogP contribution in [0.3, 0.4) is 0 Å². The predicted molar refractivity (Wildman–Crippen MR) is 112 cm³/mol. The summed E-state index contributed by atoms with van der Waals surface area (Å²) in [6.07, 6.45) is 8.17. The molecule has 0 unspecified atom stereocenters. The number of rotatable bonds is 2. The van der Waals surface area contributed by atoms with Crippen molar-refractivity contribution in [3.63, 3.8) is 0 Å². The summed E-state index contributed by atoms with van der Waals surface area (Å²) in [6, 6.07) is 9.42. The number of thiocarbonyl (C=S) groups is 2. The van der Waals surface area contributed by atoms with E-state index in [1.54, 1.807) is 24.7 Å². The molecule has 0 saturated carbocycles. The van der Waals surface area contributed by atoms with Gasteiger partial charge in [-0.2, -0.15) is 0 Å². The van der Waals surface area contributed by atoms with Gasteiger partial charge in [0.2, 0.25) is 0 Å². The molecule has 0 spiro atoms. The Balaban J connectivity index is 0.000000238. The van der Waals surface area contributed by atoms with E-state index in [-0.39, 0.29) is 0 Å². The fourth-order valence-electron chi connectivity index (χ4n) is 2.84. The summed E-state index contributed by atoms with van der Waals surface area (Å²) in [4.78, 5) is 5.95. The maximum atomic E-state index is 5.23. The Morgan fingerprint density at radius 1 is 0.750 bits per heavy atom.